The molecule has 7 nitrogen and oxygen atoms in total. The van der Waals surface area contributed by atoms with Gasteiger partial charge in [0, 0.05) is 34.5 Å². The van der Waals surface area contributed by atoms with Crippen LogP contribution in [-0.2, 0) is 15.1 Å². The SMILES string of the molecule is CCN(c1ccc(NC(=O)CN2C(=O)NC(C)(c3ccccc3Cl)C2=O)cc1)C(C)C. The highest BCUT2D eigenvalue weighted by Crippen LogP contribution is 2.33. The number of benzene rings is 2. The Balaban J connectivity index is 1.69. The van der Waals surface area contributed by atoms with Crippen LogP contribution in [0.3, 0.4) is 0 Å². The normalized spacial score (nSPS) is 18.3. The molecule has 1 atom stereocenters. The molecule has 2 aromatic carbocycles. The van der Waals surface area contributed by atoms with Crippen molar-refractivity contribution in [3.05, 3.63) is 59.1 Å². The molecule has 0 radical (unpaired) electrons. The second kappa shape index (κ2) is 8.98. The number of hydrogen-bond donors (Lipinski definition) is 2. The highest BCUT2D eigenvalue weighted by atomic mass is 35.5. The van der Waals surface area contributed by atoms with Crippen molar-refractivity contribution in [2.45, 2.75) is 39.3 Å². The highest BCUT2D eigenvalue weighted by Gasteiger charge is 2.50. The Labute approximate surface area is 187 Å². The molecule has 31 heavy (non-hydrogen) atoms. The zero-order chi connectivity index (χ0) is 22.8. The molecular weight excluding hydrogens is 416 g/mol. The van der Waals surface area contributed by atoms with Gasteiger partial charge in [-0.05, 0) is 58.0 Å². The lowest BCUT2D eigenvalue weighted by atomic mass is 9.92. The lowest BCUT2D eigenvalue weighted by molar-refractivity contribution is -0.133. The molecule has 2 aromatic rings. The largest absolute Gasteiger partial charge is 0.369 e. The first-order valence-corrected chi connectivity index (χ1v) is 10.6. The molecule has 164 valence electrons. The molecule has 1 aliphatic heterocycles. The predicted octanol–water partition coefficient (Wildman–Crippen LogP) is 3.98. The molecule has 8 heteroatoms. The van der Waals surface area contributed by atoms with Crippen LogP contribution in [0, 0.1) is 0 Å². The summed E-state index contributed by atoms with van der Waals surface area (Å²) in [5, 5.41) is 5.77. The third-order valence-electron chi connectivity index (χ3n) is 5.44. The molecule has 2 N–H and O–H groups in total. The van der Waals surface area contributed by atoms with Gasteiger partial charge < -0.3 is 15.5 Å². The van der Waals surface area contributed by atoms with Crippen molar-refractivity contribution in [1.29, 1.82) is 0 Å². The van der Waals surface area contributed by atoms with Gasteiger partial charge in [0.05, 0.1) is 0 Å². The van der Waals surface area contributed by atoms with Crippen molar-refractivity contribution in [3.8, 4) is 0 Å². The van der Waals surface area contributed by atoms with E-state index in [2.05, 4.69) is 36.3 Å². The van der Waals surface area contributed by atoms with Gasteiger partial charge in [0.1, 0.15) is 12.1 Å². The minimum absolute atomic E-state index is 0.359. The number of rotatable bonds is 7. The lowest BCUT2D eigenvalue weighted by Gasteiger charge is -2.27. The Bertz CT molecular complexity index is 993. The van der Waals surface area contributed by atoms with Crippen molar-refractivity contribution in [2.75, 3.05) is 23.3 Å². The predicted molar refractivity (Wildman–Crippen MR) is 122 cm³/mol. The minimum atomic E-state index is -1.32. The summed E-state index contributed by atoms with van der Waals surface area (Å²) in [7, 11) is 0. The van der Waals surface area contributed by atoms with E-state index in [0.29, 0.717) is 22.3 Å². The number of nitrogens with one attached hydrogen (secondary N) is 2. The summed E-state index contributed by atoms with van der Waals surface area (Å²) in [6.45, 7) is 8.39. The first kappa shape index (κ1) is 22.6. The van der Waals surface area contributed by atoms with E-state index in [4.69, 9.17) is 11.6 Å². The van der Waals surface area contributed by atoms with Crippen LogP contribution in [-0.4, -0.2) is 41.9 Å². The maximum absolute atomic E-state index is 13.0. The van der Waals surface area contributed by atoms with Crippen LogP contribution >= 0.6 is 11.6 Å². The maximum atomic E-state index is 13.0. The number of urea groups is 1. The van der Waals surface area contributed by atoms with Gasteiger partial charge in [-0.3, -0.25) is 14.5 Å². The highest BCUT2D eigenvalue weighted by molar-refractivity contribution is 6.32. The van der Waals surface area contributed by atoms with Gasteiger partial charge in [-0.2, -0.15) is 0 Å². The molecule has 1 unspecified atom stereocenters. The first-order chi connectivity index (χ1) is 14.7. The number of carbonyl (C=O) groups excluding carboxylic acids is 3. The molecule has 1 saturated heterocycles. The van der Waals surface area contributed by atoms with E-state index >= 15 is 0 Å². The summed E-state index contributed by atoms with van der Waals surface area (Å²) in [4.78, 5) is 41.1. The van der Waals surface area contributed by atoms with Crippen molar-refractivity contribution < 1.29 is 14.4 Å². The number of nitrogens with zero attached hydrogens (tertiary/aromatic N) is 2. The fourth-order valence-corrected chi connectivity index (χ4v) is 4.14. The van der Waals surface area contributed by atoms with E-state index in [9.17, 15) is 14.4 Å². The standard InChI is InChI=1S/C23H27ClN4O3/c1-5-27(15(2)3)17-12-10-16(11-13-17)25-20(29)14-28-21(30)23(4,26-22(28)31)18-8-6-7-9-19(18)24/h6-13,15H,5,14H2,1-4H3,(H,25,29)(H,26,31). The number of halogens is 1. The summed E-state index contributed by atoms with van der Waals surface area (Å²) in [6, 6.07) is 14.0. The molecule has 3 rings (SSSR count). The molecular formula is C23H27ClN4O3. The molecule has 1 aliphatic rings. The average Bonchev–Trinajstić information content (AvgIpc) is 2.93. The smallest absolute Gasteiger partial charge is 0.325 e. The van der Waals surface area contributed by atoms with Gasteiger partial charge in [0.2, 0.25) is 5.91 Å². The number of amides is 4. The summed E-state index contributed by atoms with van der Waals surface area (Å²) in [5.41, 5.74) is 0.811. The van der Waals surface area contributed by atoms with E-state index in [1.165, 1.54) is 0 Å². The van der Waals surface area contributed by atoms with Crippen LogP contribution in [0.5, 0.6) is 0 Å². The Morgan fingerprint density at radius 3 is 2.39 bits per heavy atom. The van der Waals surface area contributed by atoms with E-state index in [-0.39, 0.29) is 6.54 Å². The van der Waals surface area contributed by atoms with Gasteiger partial charge in [-0.1, -0.05) is 29.8 Å². The second-order valence-electron chi connectivity index (χ2n) is 7.90. The van der Waals surface area contributed by atoms with Crippen LogP contribution in [0.15, 0.2) is 48.5 Å². The Morgan fingerprint density at radius 2 is 1.81 bits per heavy atom. The van der Waals surface area contributed by atoms with Gasteiger partial charge in [-0.15, -0.1) is 0 Å². The number of carbonyl (C=O) groups is 3. The Hall–Kier alpha value is -3.06. The van der Waals surface area contributed by atoms with Crippen LogP contribution in [0.25, 0.3) is 0 Å². The average molecular weight is 443 g/mol. The zero-order valence-corrected chi connectivity index (χ0v) is 18.9. The molecule has 0 spiro atoms. The quantitative estimate of drug-likeness (QED) is 0.635. The third kappa shape index (κ3) is 4.51. The Kier molecular flexibility index (Phi) is 6.55. The van der Waals surface area contributed by atoms with Crippen LogP contribution in [0.2, 0.25) is 5.02 Å². The topological polar surface area (TPSA) is 81.8 Å². The minimum Gasteiger partial charge on any atom is -0.369 e. The van der Waals surface area contributed by atoms with Crippen LogP contribution in [0.1, 0.15) is 33.3 Å². The van der Waals surface area contributed by atoms with Gasteiger partial charge in [0.25, 0.3) is 5.91 Å². The molecule has 0 aromatic heterocycles. The van der Waals surface area contributed by atoms with E-state index < -0.39 is 23.4 Å². The van der Waals surface area contributed by atoms with E-state index in [1.807, 2.05) is 12.1 Å². The van der Waals surface area contributed by atoms with Crippen molar-refractivity contribution in [2.24, 2.45) is 0 Å². The molecule has 0 bridgehead atoms. The summed E-state index contributed by atoms with van der Waals surface area (Å²) >= 11 is 6.23. The Morgan fingerprint density at radius 1 is 1.16 bits per heavy atom. The first-order valence-electron chi connectivity index (χ1n) is 10.2. The maximum Gasteiger partial charge on any atom is 0.325 e. The molecule has 4 amide bonds. The van der Waals surface area contributed by atoms with Gasteiger partial charge in [-0.25, -0.2) is 4.79 Å². The summed E-state index contributed by atoms with van der Waals surface area (Å²) in [5.74, 6) is -0.984. The third-order valence-corrected chi connectivity index (χ3v) is 5.77. The molecule has 1 heterocycles. The van der Waals surface area contributed by atoms with Crippen LogP contribution in [0.4, 0.5) is 16.2 Å². The van der Waals surface area contributed by atoms with Gasteiger partial charge >= 0.3 is 6.03 Å². The lowest BCUT2D eigenvalue weighted by Crippen LogP contribution is -2.42. The van der Waals surface area contributed by atoms with Crippen LogP contribution < -0.4 is 15.5 Å². The second-order valence-corrected chi connectivity index (χ2v) is 8.31. The van der Waals surface area contributed by atoms with Gasteiger partial charge in [0.15, 0.2) is 0 Å². The van der Waals surface area contributed by atoms with Crippen molar-refractivity contribution in [1.82, 2.24) is 10.2 Å². The monoisotopic (exact) mass is 442 g/mol. The van der Waals surface area contributed by atoms with Crippen molar-refractivity contribution in [3.63, 3.8) is 0 Å². The fourth-order valence-electron chi connectivity index (χ4n) is 3.82. The van der Waals surface area contributed by atoms with E-state index in [1.54, 1.807) is 43.3 Å². The number of anilines is 2. The van der Waals surface area contributed by atoms with E-state index in [0.717, 1.165) is 17.1 Å². The molecule has 0 saturated carbocycles. The molecule has 1 fully saturated rings. The summed E-state index contributed by atoms with van der Waals surface area (Å²) in [6.07, 6.45) is 0. The fraction of sp³-hybridized carbons (Fsp3) is 0.348. The number of hydrogen-bond acceptors (Lipinski definition) is 4. The molecule has 0 aliphatic carbocycles. The van der Waals surface area contributed by atoms with Crippen molar-refractivity contribution >= 4 is 40.8 Å². The summed E-state index contributed by atoms with van der Waals surface area (Å²) < 4.78 is 0. The number of imide groups is 1. The zero-order valence-electron chi connectivity index (χ0n) is 18.1.